The van der Waals surface area contributed by atoms with Gasteiger partial charge in [0, 0.05) is 12.7 Å². The van der Waals surface area contributed by atoms with Crippen LogP contribution in [0.15, 0.2) is 30.7 Å². The SMILES string of the molecule is CC(C)CNCc1cn(Cc2cccc(F)c2Cl)cn1. The Balaban J connectivity index is 1.97. The summed E-state index contributed by atoms with van der Waals surface area (Å²) in [5.74, 6) is 0.228. The molecule has 0 bridgehead atoms. The first kappa shape index (κ1) is 15.0. The molecule has 0 saturated carbocycles. The van der Waals surface area contributed by atoms with Crippen molar-refractivity contribution in [2.45, 2.75) is 26.9 Å². The minimum Gasteiger partial charge on any atom is -0.333 e. The minimum atomic E-state index is -0.386. The number of imidazole rings is 1. The van der Waals surface area contributed by atoms with Crippen molar-refractivity contribution in [1.29, 1.82) is 0 Å². The van der Waals surface area contributed by atoms with E-state index >= 15 is 0 Å². The third-order valence-electron chi connectivity index (χ3n) is 2.93. The Morgan fingerprint density at radius 2 is 2.20 bits per heavy atom. The van der Waals surface area contributed by atoms with E-state index in [9.17, 15) is 4.39 Å². The van der Waals surface area contributed by atoms with Gasteiger partial charge < -0.3 is 9.88 Å². The molecule has 2 aromatic rings. The molecule has 1 heterocycles. The number of rotatable bonds is 6. The maximum Gasteiger partial charge on any atom is 0.142 e. The molecule has 5 heteroatoms. The molecular weight excluding hydrogens is 277 g/mol. The molecule has 0 saturated heterocycles. The highest BCUT2D eigenvalue weighted by molar-refractivity contribution is 6.31. The molecular formula is C15H19ClFN3. The number of nitrogens with one attached hydrogen (secondary N) is 1. The summed E-state index contributed by atoms with van der Waals surface area (Å²) in [7, 11) is 0. The van der Waals surface area contributed by atoms with Gasteiger partial charge in [-0.25, -0.2) is 9.37 Å². The lowest BCUT2D eigenvalue weighted by Crippen LogP contribution is -2.19. The van der Waals surface area contributed by atoms with Gasteiger partial charge in [0.25, 0.3) is 0 Å². The summed E-state index contributed by atoms with van der Waals surface area (Å²) in [4.78, 5) is 4.32. The zero-order valence-corrected chi connectivity index (χ0v) is 12.5. The molecule has 1 N–H and O–H groups in total. The van der Waals surface area contributed by atoms with Crippen LogP contribution in [0.1, 0.15) is 25.1 Å². The summed E-state index contributed by atoms with van der Waals surface area (Å²) in [5, 5.41) is 3.52. The highest BCUT2D eigenvalue weighted by Crippen LogP contribution is 2.20. The third kappa shape index (κ3) is 4.05. The van der Waals surface area contributed by atoms with Crippen molar-refractivity contribution in [2.24, 2.45) is 5.92 Å². The highest BCUT2D eigenvalue weighted by Gasteiger charge is 2.07. The van der Waals surface area contributed by atoms with Crippen LogP contribution < -0.4 is 5.32 Å². The molecule has 2 rings (SSSR count). The molecule has 0 unspecified atom stereocenters. The largest absolute Gasteiger partial charge is 0.333 e. The summed E-state index contributed by atoms with van der Waals surface area (Å²) in [6.07, 6.45) is 3.70. The fourth-order valence-corrected chi connectivity index (χ4v) is 2.13. The summed E-state index contributed by atoms with van der Waals surface area (Å²) in [5.41, 5.74) is 1.73. The topological polar surface area (TPSA) is 29.9 Å². The molecule has 0 amide bonds. The smallest absolute Gasteiger partial charge is 0.142 e. The predicted molar refractivity (Wildman–Crippen MR) is 79.3 cm³/mol. The number of hydrogen-bond donors (Lipinski definition) is 1. The van der Waals surface area contributed by atoms with Crippen LogP contribution in [0, 0.1) is 11.7 Å². The molecule has 0 aliphatic heterocycles. The molecule has 0 radical (unpaired) electrons. The van der Waals surface area contributed by atoms with Gasteiger partial charge in [0.15, 0.2) is 0 Å². The Labute approximate surface area is 123 Å². The standard InChI is InChI=1S/C15H19ClFN3/c1-11(2)6-18-7-13-9-20(10-19-13)8-12-4-3-5-14(17)15(12)16/h3-5,9-11,18H,6-8H2,1-2H3. The van der Waals surface area contributed by atoms with Crippen molar-refractivity contribution in [3.8, 4) is 0 Å². The van der Waals surface area contributed by atoms with Gasteiger partial charge in [0.2, 0.25) is 0 Å². The summed E-state index contributed by atoms with van der Waals surface area (Å²) < 4.78 is 15.3. The number of hydrogen-bond acceptors (Lipinski definition) is 2. The van der Waals surface area contributed by atoms with Crippen molar-refractivity contribution in [1.82, 2.24) is 14.9 Å². The average Bonchev–Trinajstić information content (AvgIpc) is 2.82. The van der Waals surface area contributed by atoms with Crippen LogP contribution >= 0.6 is 11.6 Å². The zero-order chi connectivity index (χ0) is 14.5. The molecule has 0 spiro atoms. The Hall–Kier alpha value is -1.39. The van der Waals surface area contributed by atoms with Gasteiger partial charge in [-0.3, -0.25) is 0 Å². The number of aromatic nitrogens is 2. The number of benzene rings is 1. The summed E-state index contributed by atoms with van der Waals surface area (Å²) in [6.45, 7) is 6.55. The zero-order valence-electron chi connectivity index (χ0n) is 11.7. The van der Waals surface area contributed by atoms with Crippen LogP contribution in [-0.4, -0.2) is 16.1 Å². The molecule has 108 valence electrons. The van der Waals surface area contributed by atoms with Gasteiger partial charge in [-0.05, 0) is 24.1 Å². The number of halogens is 2. The van der Waals surface area contributed by atoms with Crippen LogP contribution in [0.2, 0.25) is 5.02 Å². The third-order valence-corrected chi connectivity index (χ3v) is 3.35. The Bertz CT molecular complexity index is 566. The van der Waals surface area contributed by atoms with E-state index in [1.54, 1.807) is 12.4 Å². The highest BCUT2D eigenvalue weighted by atomic mass is 35.5. The second kappa shape index (κ2) is 6.86. The monoisotopic (exact) mass is 295 g/mol. The maximum atomic E-state index is 13.4. The fourth-order valence-electron chi connectivity index (χ4n) is 1.94. The lowest BCUT2D eigenvalue weighted by Gasteiger charge is -2.06. The molecule has 20 heavy (non-hydrogen) atoms. The maximum absolute atomic E-state index is 13.4. The van der Waals surface area contributed by atoms with Gasteiger partial charge >= 0.3 is 0 Å². The van der Waals surface area contributed by atoms with Crippen LogP contribution in [0.4, 0.5) is 4.39 Å². The second-order valence-electron chi connectivity index (χ2n) is 5.28. The van der Waals surface area contributed by atoms with Gasteiger partial charge in [0.05, 0.1) is 23.6 Å². The lowest BCUT2D eigenvalue weighted by atomic mass is 10.2. The normalized spacial score (nSPS) is 11.2. The Morgan fingerprint density at radius 3 is 2.95 bits per heavy atom. The molecule has 0 atom stereocenters. The van der Waals surface area contributed by atoms with E-state index in [0.29, 0.717) is 12.5 Å². The summed E-state index contributed by atoms with van der Waals surface area (Å²) >= 11 is 5.95. The first-order valence-corrected chi connectivity index (χ1v) is 7.08. The van der Waals surface area contributed by atoms with E-state index in [-0.39, 0.29) is 10.8 Å². The van der Waals surface area contributed by atoms with E-state index in [4.69, 9.17) is 11.6 Å². The second-order valence-corrected chi connectivity index (χ2v) is 5.65. The van der Waals surface area contributed by atoms with Gasteiger partial charge in [-0.2, -0.15) is 0 Å². The van der Waals surface area contributed by atoms with Crippen molar-refractivity contribution in [3.63, 3.8) is 0 Å². The van der Waals surface area contributed by atoms with Crippen molar-refractivity contribution in [3.05, 3.63) is 52.8 Å². The van der Waals surface area contributed by atoms with Gasteiger partial charge in [-0.15, -0.1) is 0 Å². The first-order chi connectivity index (χ1) is 9.56. The van der Waals surface area contributed by atoms with Gasteiger partial charge in [-0.1, -0.05) is 37.6 Å². The first-order valence-electron chi connectivity index (χ1n) is 6.70. The molecule has 3 nitrogen and oxygen atoms in total. The molecule has 1 aromatic heterocycles. The van der Waals surface area contributed by atoms with Crippen molar-refractivity contribution < 1.29 is 4.39 Å². The Morgan fingerprint density at radius 1 is 1.40 bits per heavy atom. The van der Waals surface area contributed by atoms with E-state index in [1.807, 2.05) is 16.8 Å². The van der Waals surface area contributed by atoms with Crippen LogP contribution in [0.25, 0.3) is 0 Å². The average molecular weight is 296 g/mol. The molecule has 1 aromatic carbocycles. The molecule has 0 aliphatic rings. The summed E-state index contributed by atoms with van der Waals surface area (Å²) in [6, 6.07) is 4.85. The quantitative estimate of drug-likeness (QED) is 0.884. The van der Waals surface area contributed by atoms with Crippen molar-refractivity contribution >= 4 is 11.6 Å². The van der Waals surface area contributed by atoms with Crippen LogP contribution in [0.3, 0.4) is 0 Å². The predicted octanol–water partition coefficient (Wildman–Crippen LogP) is 3.47. The van der Waals surface area contributed by atoms with Crippen molar-refractivity contribution in [2.75, 3.05) is 6.54 Å². The lowest BCUT2D eigenvalue weighted by molar-refractivity contribution is 0.548. The van der Waals surface area contributed by atoms with Gasteiger partial charge in [0.1, 0.15) is 5.82 Å². The molecule has 0 aliphatic carbocycles. The fraction of sp³-hybridized carbons (Fsp3) is 0.400. The number of nitrogens with zero attached hydrogens (tertiary/aromatic N) is 2. The minimum absolute atomic E-state index is 0.181. The van der Waals surface area contributed by atoms with Crippen LogP contribution in [-0.2, 0) is 13.1 Å². The van der Waals surface area contributed by atoms with E-state index < -0.39 is 0 Å². The molecule has 0 fully saturated rings. The Kier molecular flexibility index (Phi) is 5.15. The van der Waals surface area contributed by atoms with E-state index in [0.717, 1.165) is 24.3 Å². The van der Waals surface area contributed by atoms with E-state index in [1.165, 1.54) is 6.07 Å². The van der Waals surface area contributed by atoms with E-state index in [2.05, 4.69) is 24.1 Å². The van der Waals surface area contributed by atoms with Crippen LogP contribution in [0.5, 0.6) is 0 Å².